The number of benzene rings is 2. The minimum atomic E-state index is -0.428. The van der Waals surface area contributed by atoms with Gasteiger partial charge in [-0.05, 0) is 74.1 Å². The topological polar surface area (TPSA) is 133 Å². The molecule has 2 atom stereocenters. The smallest absolute Gasteiger partial charge is 0.271 e. The Balaban J connectivity index is 1.68. The molecule has 0 bridgehead atoms. The minimum absolute atomic E-state index is 0.0483. The molecule has 1 aliphatic heterocycles. The second-order valence-electron chi connectivity index (χ2n) is 10.1. The number of amides is 1. The number of methoxy groups -OCH3 is 3. The third kappa shape index (κ3) is 5.66. The maximum Gasteiger partial charge on any atom is 0.271 e. The summed E-state index contributed by atoms with van der Waals surface area (Å²) in [4.78, 5) is 30.3. The molecule has 0 unspecified atom stereocenters. The maximum atomic E-state index is 12.4. The van der Waals surface area contributed by atoms with Crippen LogP contribution in [0, 0.1) is 24.0 Å². The Kier molecular flexibility index (Phi) is 8.78. The standard InChI is InChI=1S/C31H32N6O6S/c1-18-14-22(19(2)35(18)25-16-21(37(39)40)10-12-27(25)43-5)30-29(23-8-6-7-13-32-23)34-31(44)36(30)20-9-11-26(42-4)24(15-20)33-28(38)17-41-3/h6-16,29-30H,17H2,1-5H3,(H,33,38)(H,34,44)/t29-,30-/m0/s1. The fourth-order valence-corrected chi connectivity index (χ4v) is 5.98. The molecule has 3 heterocycles. The highest BCUT2D eigenvalue weighted by Crippen LogP contribution is 2.45. The lowest BCUT2D eigenvalue weighted by Gasteiger charge is -2.29. The van der Waals surface area contributed by atoms with E-state index in [2.05, 4.69) is 15.6 Å². The number of hydrogen-bond acceptors (Lipinski definition) is 8. The molecule has 1 fully saturated rings. The van der Waals surface area contributed by atoms with Crippen molar-refractivity contribution in [3.05, 3.63) is 99.6 Å². The van der Waals surface area contributed by atoms with Gasteiger partial charge in [0.05, 0.1) is 48.3 Å². The highest BCUT2D eigenvalue weighted by Gasteiger charge is 2.42. The molecule has 2 N–H and O–H groups in total. The van der Waals surface area contributed by atoms with Crippen molar-refractivity contribution < 1.29 is 23.9 Å². The van der Waals surface area contributed by atoms with Crippen molar-refractivity contribution in [2.75, 3.05) is 38.2 Å². The van der Waals surface area contributed by atoms with Crippen LogP contribution >= 0.6 is 12.2 Å². The largest absolute Gasteiger partial charge is 0.495 e. The number of ether oxygens (including phenoxy) is 3. The van der Waals surface area contributed by atoms with Crippen LogP contribution in [0.15, 0.2) is 66.9 Å². The summed E-state index contributed by atoms with van der Waals surface area (Å²) in [5.41, 5.74) is 5.04. The third-order valence-corrected chi connectivity index (χ3v) is 7.83. The zero-order valence-electron chi connectivity index (χ0n) is 24.9. The average molecular weight is 617 g/mol. The number of nitro benzene ring substituents is 1. The van der Waals surface area contributed by atoms with Crippen LogP contribution in [0.1, 0.15) is 34.7 Å². The quantitative estimate of drug-likeness (QED) is 0.140. The van der Waals surface area contributed by atoms with Crippen molar-refractivity contribution >= 4 is 40.3 Å². The molecular formula is C31H32N6O6S. The Hall–Kier alpha value is -5.01. The molecule has 44 heavy (non-hydrogen) atoms. The number of non-ortho nitro benzene ring substituents is 1. The second kappa shape index (κ2) is 12.7. The molecule has 1 amide bonds. The Bertz CT molecular complexity index is 1730. The minimum Gasteiger partial charge on any atom is -0.495 e. The summed E-state index contributed by atoms with van der Waals surface area (Å²) in [6.45, 7) is 3.78. The Morgan fingerprint density at radius 1 is 1.07 bits per heavy atom. The van der Waals surface area contributed by atoms with Crippen LogP contribution < -0.4 is 25.0 Å². The molecule has 0 aliphatic carbocycles. The van der Waals surface area contributed by atoms with Gasteiger partial charge in [0.25, 0.3) is 5.69 Å². The number of carbonyl (C=O) groups excluding carboxylic acids is 1. The van der Waals surface area contributed by atoms with Gasteiger partial charge < -0.3 is 34.3 Å². The number of nitrogens with zero attached hydrogens (tertiary/aromatic N) is 4. The number of rotatable bonds is 10. The van der Waals surface area contributed by atoms with Gasteiger partial charge in [0, 0.05) is 42.5 Å². The molecule has 1 aliphatic rings. The van der Waals surface area contributed by atoms with Crippen molar-refractivity contribution in [1.29, 1.82) is 0 Å². The van der Waals surface area contributed by atoms with Crippen LogP contribution in [0.25, 0.3) is 5.69 Å². The monoisotopic (exact) mass is 616 g/mol. The van der Waals surface area contributed by atoms with Gasteiger partial charge in [-0.3, -0.25) is 19.9 Å². The van der Waals surface area contributed by atoms with Crippen molar-refractivity contribution in [3.63, 3.8) is 0 Å². The fourth-order valence-electron chi connectivity index (χ4n) is 5.63. The summed E-state index contributed by atoms with van der Waals surface area (Å²) in [7, 11) is 4.51. The number of hydrogen-bond donors (Lipinski definition) is 2. The second-order valence-corrected chi connectivity index (χ2v) is 10.5. The van der Waals surface area contributed by atoms with Crippen molar-refractivity contribution in [3.8, 4) is 17.2 Å². The molecule has 2 aromatic carbocycles. The number of nitro groups is 1. The number of pyridine rings is 1. The summed E-state index contributed by atoms with van der Waals surface area (Å²) in [6, 6.07) is 17.0. The van der Waals surface area contributed by atoms with Crippen LogP contribution in [0.5, 0.6) is 11.5 Å². The summed E-state index contributed by atoms with van der Waals surface area (Å²) in [5, 5.41) is 18.4. The van der Waals surface area contributed by atoms with Gasteiger partial charge >= 0.3 is 0 Å². The van der Waals surface area contributed by atoms with Gasteiger partial charge in [0.1, 0.15) is 18.1 Å². The Morgan fingerprint density at radius 3 is 2.48 bits per heavy atom. The molecule has 0 spiro atoms. The molecular weight excluding hydrogens is 584 g/mol. The van der Waals surface area contributed by atoms with E-state index in [0.29, 0.717) is 33.7 Å². The summed E-state index contributed by atoms with van der Waals surface area (Å²) >= 11 is 5.92. The fraction of sp³-hybridized carbons (Fsp3) is 0.258. The highest BCUT2D eigenvalue weighted by atomic mass is 32.1. The van der Waals surface area contributed by atoms with Crippen LogP contribution in [0.2, 0.25) is 0 Å². The van der Waals surface area contributed by atoms with E-state index in [1.807, 2.05) is 53.6 Å². The predicted octanol–water partition coefficient (Wildman–Crippen LogP) is 5.18. The summed E-state index contributed by atoms with van der Waals surface area (Å²) in [5.74, 6) is 0.640. The first-order chi connectivity index (χ1) is 21.2. The van der Waals surface area contributed by atoms with Gasteiger partial charge in [-0.2, -0.15) is 0 Å². The van der Waals surface area contributed by atoms with E-state index >= 15 is 0 Å². The summed E-state index contributed by atoms with van der Waals surface area (Å²) < 4.78 is 18.0. The Morgan fingerprint density at radius 2 is 1.82 bits per heavy atom. The SMILES string of the molecule is COCC(=O)Nc1cc(N2C(=S)N[C@@H](c3ccccn3)[C@@H]2c2cc(C)n(-c3cc([N+](=O)[O-])ccc3OC)c2C)ccc1OC. The molecule has 0 saturated carbocycles. The number of anilines is 2. The molecule has 4 aromatic rings. The molecule has 2 aromatic heterocycles. The van der Waals surface area contributed by atoms with Crippen molar-refractivity contribution in [2.45, 2.75) is 25.9 Å². The maximum absolute atomic E-state index is 12.4. The van der Waals surface area contributed by atoms with Gasteiger partial charge in [0.15, 0.2) is 5.11 Å². The van der Waals surface area contributed by atoms with Crippen molar-refractivity contribution in [2.24, 2.45) is 0 Å². The Labute approximate surface area is 259 Å². The first-order valence-electron chi connectivity index (χ1n) is 13.7. The highest BCUT2D eigenvalue weighted by molar-refractivity contribution is 7.80. The lowest BCUT2D eigenvalue weighted by atomic mass is 9.96. The zero-order chi connectivity index (χ0) is 31.5. The van der Waals surface area contributed by atoms with Crippen LogP contribution in [0.4, 0.5) is 17.1 Å². The van der Waals surface area contributed by atoms with E-state index in [0.717, 1.165) is 22.6 Å². The molecule has 12 nitrogen and oxygen atoms in total. The van der Waals surface area contributed by atoms with Crippen LogP contribution in [-0.2, 0) is 9.53 Å². The van der Waals surface area contributed by atoms with Gasteiger partial charge in [-0.15, -0.1) is 0 Å². The number of nitrogens with one attached hydrogen (secondary N) is 2. The van der Waals surface area contributed by atoms with E-state index in [-0.39, 0.29) is 24.2 Å². The lowest BCUT2D eigenvalue weighted by Crippen LogP contribution is -2.29. The number of thiocarbonyl (C=S) groups is 1. The van der Waals surface area contributed by atoms with E-state index in [4.69, 9.17) is 26.4 Å². The average Bonchev–Trinajstić information content (AvgIpc) is 3.51. The number of aryl methyl sites for hydroxylation is 1. The number of aromatic nitrogens is 2. The van der Waals surface area contributed by atoms with Crippen LogP contribution in [-0.4, -0.2) is 53.4 Å². The van der Waals surface area contributed by atoms with E-state index in [1.165, 1.54) is 33.5 Å². The number of carbonyl (C=O) groups is 1. The normalized spacial score (nSPS) is 16.0. The van der Waals surface area contributed by atoms with Gasteiger partial charge in [-0.1, -0.05) is 6.07 Å². The first kappa shape index (κ1) is 30.4. The predicted molar refractivity (Wildman–Crippen MR) is 170 cm³/mol. The van der Waals surface area contributed by atoms with E-state index in [1.54, 1.807) is 24.4 Å². The molecule has 228 valence electrons. The van der Waals surface area contributed by atoms with E-state index < -0.39 is 11.0 Å². The van der Waals surface area contributed by atoms with Gasteiger partial charge in [0.2, 0.25) is 5.91 Å². The van der Waals surface area contributed by atoms with Crippen LogP contribution in [0.3, 0.4) is 0 Å². The molecule has 1 saturated heterocycles. The van der Waals surface area contributed by atoms with Gasteiger partial charge in [-0.25, -0.2) is 0 Å². The first-order valence-corrected chi connectivity index (χ1v) is 14.1. The van der Waals surface area contributed by atoms with Crippen molar-refractivity contribution in [1.82, 2.24) is 14.9 Å². The molecule has 0 radical (unpaired) electrons. The molecule has 5 rings (SSSR count). The zero-order valence-corrected chi connectivity index (χ0v) is 25.7. The summed E-state index contributed by atoms with van der Waals surface area (Å²) in [6.07, 6.45) is 1.73. The third-order valence-electron chi connectivity index (χ3n) is 7.51. The molecule has 13 heteroatoms. The van der Waals surface area contributed by atoms with E-state index in [9.17, 15) is 14.9 Å². The lowest BCUT2D eigenvalue weighted by molar-refractivity contribution is -0.384.